The van der Waals surface area contributed by atoms with Crippen LogP contribution in [0.2, 0.25) is 0 Å². The van der Waals surface area contributed by atoms with Crippen LogP contribution in [0.1, 0.15) is 93.4 Å². The van der Waals surface area contributed by atoms with Crippen molar-refractivity contribution in [1.29, 1.82) is 0 Å². The summed E-state index contributed by atoms with van der Waals surface area (Å²) in [6, 6.07) is 0. The fourth-order valence-corrected chi connectivity index (χ4v) is 8.97. The maximum absolute atomic E-state index is 14.1. The second-order valence-corrected chi connectivity index (χ2v) is 13.7. The summed E-state index contributed by atoms with van der Waals surface area (Å²) >= 11 is 0. The van der Waals surface area contributed by atoms with E-state index in [4.69, 9.17) is 0 Å². The highest BCUT2D eigenvalue weighted by Crippen LogP contribution is 2.71. The van der Waals surface area contributed by atoms with Gasteiger partial charge in [0.25, 0.3) is 0 Å². The predicted octanol–water partition coefficient (Wildman–Crippen LogP) is 4.56. The first kappa shape index (κ1) is 28.1. The molecule has 0 aliphatic heterocycles. The van der Waals surface area contributed by atoms with E-state index in [1.165, 1.54) is 0 Å². The van der Waals surface area contributed by atoms with Crippen LogP contribution in [0.4, 0.5) is 0 Å². The van der Waals surface area contributed by atoms with Crippen molar-refractivity contribution in [3.63, 3.8) is 0 Å². The molecule has 0 radical (unpaired) electrons. The van der Waals surface area contributed by atoms with Gasteiger partial charge in [-0.2, -0.15) is 0 Å². The van der Waals surface area contributed by atoms with Gasteiger partial charge in [-0.1, -0.05) is 47.1 Å². The van der Waals surface area contributed by atoms with E-state index >= 15 is 0 Å². The second kappa shape index (κ2) is 9.08. The zero-order valence-corrected chi connectivity index (χ0v) is 23.5. The third-order valence-corrected chi connectivity index (χ3v) is 11.3. The van der Waals surface area contributed by atoms with Crippen LogP contribution in [0.15, 0.2) is 22.8 Å². The number of aldehydes is 1. The Morgan fingerprint density at radius 1 is 1.11 bits per heavy atom. The van der Waals surface area contributed by atoms with E-state index in [0.717, 1.165) is 11.9 Å². The minimum atomic E-state index is -0.907. The maximum atomic E-state index is 14.1. The van der Waals surface area contributed by atoms with Gasteiger partial charge in [0.2, 0.25) is 0 Å². The summed E-state index contributed by atoms with van der Waals surface area (Å²) in [5, 5.41) is 23.3. The normalized spacial score (nSPS) is 42.1. The molecule has 4 rings (SSSR count). The number of hydrogen-bond acceptors (Lipinski definition) is 6. The van der Waals surface area contributed by atoms with E-state index in [1.807, 2.05) is 41.5 Å². The molecule has 0 bridgehead atoms. The Labute approximate surface area is 221 Å². The molecule has 8 atom stereocenters. The Hall–Kier alpha value is -1.92. The van der Waals surface area contributed by atoms with Crippen LogP contribution in [-0.2, 0) is 19.2 Å². The molecule has 0 aromatic heterocycles. The molecule has 6 nitrogen and oxygen atoms in total. The van der Waals surface area contributed by atoms with E-state index in [9.17, 15) is 29.4 Å². The monoisotopic (exact) mass is 512 g/mol. The number of allylic oxidation sites excluding steroid dienone is 3. The number of aliphatic hydroxyl groups is 2. The van der Waals surface area contributed by atoms with Crippen molar-refractivity contribution in [1.82, 2.24) is 0 Å². The first-order valence-corrected chi connectivity index (χ1v) is 13.9. The number of rotatable bonds is 6. The van der Waals surface area contributed by atoms with Crippen molar-refractivity contribution in [2.45, 2.75) is 106 Å². The molecule has 37 heavy (non-hydrogen) atoms. The minimum absolute atomic E-state index is 0.00389. The number of Topliss-reactive ketones (excluding diaryl/α,β-unsaturated/α-hetero) is 2. The lowest BCUT2D eigenvalue weighted by Crippen LogP contribution is -2.60. The third kappa shape index (κ3) is 3.88. The Morgan fingerprint density at radius 2 is 1.76 bits per heavy atom. The van der Waals surface area contributed by atoms with E-state index in [-0.39, 0.29) is 47.9 Å². The first-order chi connectivity index (χ1) is 17.1. The number of aliphatic hydroxyl groups excluding tert-OH is 2. The Bertz CT molecular complexity index is 1100. The van der Waals surface area contributed by atoms with Crippen molar-refractivity contribution >= 4 is 23.6 Å². The van der Waals surface area contributed by atoms with Gasteiger partial charge in [-0.3, -0.25) is 14.4 Å². The summed E-state index contributed by atoms with van der Waals surface area (Å²) in [7, 11) is 0. The second-order valence-electron chi connectivity index (χ2n) is 13.7. The van der Waals surface area contributed by atoms with Gasteiger partial charge in [0, 0.05) is 47.5 Å². The molecule has 0 amide bonds. The zero-order chi connectivity index (χ0) is 27.7. The summed E-state index contributed by atoms with van der Waals surface area (Å²) in [6.07, 6.45) is 3.42. The molecule has 0 aromatic carbocycles. The summed E-state index contributed by atoms with van der Waals surface area (Å²) in [5.41, 5.74) is -0.498. The zero-order valence-electron chi connectivity index (χ0n) is 23.5. The standard InChI is InChI=1S/C31H44O6/c1-17(9-11-32)12-19(33)13-18(2)20-14-25(37)31(7)27-21(34)15-23-28(3,4)24(36)8-10-29(23,5)26(27)22(35)16-30(20,31)6/h11,13,17,20-21,23,25,34,37H,8-10,12,14-16H2,1-7H3/t17-,20-,21+,23+,25+,29+,30-,31+/m1/s1. The smallest absolute Gasteiger partial charge is 0.160 e. The van der Waals surface area contributed by atoms with Gasteiger partial charge in [-0.25, -0.2) is 0 Å². The number of ketones is 3. The van der Waals surface area contributed by atoms with Crippen molar-refractivity contribution in [2.75, 3.05) is 0 Å². The molecule has 0 aromatic rings. The Balaban J connectivity index is 1.79. The number of carbonyl (C=O) groups excluding carboxylic acids is 4. The number of carbonyl (C=O) groups is 4. The summed E-state index contributed by atoms with van der Waals surface area (Å²) in [5.74, 6) is -0.246. The van der Waals surface area contributed by atoms with Crippen molar-refractivity contribution in [3.05, 3.63) is 22.8 Å². The molecular weight excluding hydrogens is 468 g/mol. The molecular formula is C31H44O6. The highest BCUT2D eigenvalue weighted by Gasteiger charge is 2.69. The molecule has 0 heterocycles. The van der Waals surface area contributed by atoms with Gasteiger partial charge in [0.1, 0.15) is 12.1 Å². The van der Waals surface area contributed by atoms with Gasteiger partial charge in [0.05, 0.1) is 12.2 Å². The highest BCUT2D eigenvalue weighted by molar-refractivity contribution is 6.01. The molecule has 4 aliphatic rings. The molecule has 0 unspecified atom stereocenters. The van der Waals surface area contributed by atoms with Crippen LogP contribution in [-0.4, -0.2) is 46.1 Å². The van der Waals surface area contributed by atoms with E-state index in [2.05, 4.69) is 6.92 Å². The Kier molecular flexibility index (Phi) is 6.90. The molecule has 2 fully saturated rings. The summed E-state index contributed by atoms with van der Waals surface area (Å²) in [4.78, 5) is 50.5. The van der Waals surface area contributed by atoms with Crippen molar-refractivity contribution in [3.8, 4) is 0 Å². The summed E-state index contributed by atoms with van der Waals surface area (Å²) in [6.45, 7) is 13.8. The maximum Gasteiger partial charge on any atom is 0.160 e. The average Bonchev–Trinajstić information content (AvgIpc) is 2.99. The largest absolute Gasteiger partial charge is 0.392 e. The molecule has 6 heteroatoms. The van der Waals surface area contributed by atoms with Gasteiger partial charge < -0.3 is 15.0 Å². The third-order valence-electron chi connectivity index (χ3n) is 11.3. The topological polar surface area (TPSA) is 109 Å². The molecule has 204 valence electrons. The van der Waals surface area contributed by atoms with Crippen LogP contribution in [0, 0.1) is 39.4 Å². The molecule has 0 spiro atoms. The Morgan fingerprint density at radius 3 is 2.38 bits per heavy atom. The highest BCUT2D eigenvalue weighted by atomic mass is 16.3. The van der Waals surface area contributed by atoms with Crippen molar-refractivity contribution < 1.29 is 29.4 Å². The van der Waals surface area contributed by atoms with Crippen LogP contribution in [0.5, 0.6) is 0 Å². The lowest BCUT2D eigenvalue weighted by atomic mass is 9.42. The quantitative estimate of drug-likeness (QED) is 0.399. The molecule has 0 saturated heterocycles. The minimum Gasteiger partial charge on any atom is -0.392 e. The fraction of sp³-hybridized carbons (Fsp3) is 0.742. The fourth-order valence-electron chi connectivity index (χ4n) is 8.97. The molecule has 2 saturated carbocycles. The molecule has 4 aliphatic carbocycles. The van der Waals surface area contributed by atoms with Crippen LogP contribution < -0.4 is 0 Å². The lowest BCUT2D eigenvalue weighted by molar-refractivity contribution is -0.145. The van der Waals surface area contributed by atoms with Crippen molar-refractivity contribution in [2.24, 2.45) is 39.4 Å². The van der Waals surface area contributed by atoms with E-state index in [1.54, 1.807) is 6.08 Å². The lowest BCUT2D eigenvalue weighted by Gasteiger charge is -2.61. The van der Waals surface area contributed by atoms with Gasteiger partial charge in [-0.05, 0) is 61.0 Å². The van der Waals surface area contributed by atoms with E-state index in [0.29, 0.717) is 43.3 Å². The van der Waals surface area contributed by atoms with Gasteiger partial charge in [-0.15, -0.1) is 0 Å². The van der Waals surface area contributed by atoms with Crippen LogP contribution >= 0.6 is 0 Å². The predicted molar refractivity (Wildman–Crippen MR) is 140 cm³/mol. The first-order valence-electron chi connectivity index (χ1n) is 13.9. The van der Waals surface area contributed by atoms with Gasteiger partial charge in [0.15, 0.2) is 11.6 Å². The van der Waals surface area contributed by atoms with Crippen LogP contribution in [0.25, 0.3) is 0 Å². The number of fused-ring (bicyclic) bond motifs is 4. The molecule has 2 N–H and O–H groups in total. The summed E-state index contributed by atoms with van der Waals surface area (Å²) < 4.78 is 0. The SMILES string of the molecule is CC(=CC(=O)C[C@H](C)CC=O)[C@H]1C[C@H](O)[C@@]2(C)C3=C(C(=O)C[C@]12C)[C@@]1(C)CCC(=O)C(C)(C)[C@@H]1C[C@@H]3O. The van der Waals surface area contributed by atoms with Crippen LogP contribution in [0.3, 0.4) is 0 Å². The number of hydrogen-bond donors (Lipinski definition) is 2. The average molecular weight is 513 g/mol. The van der Waals surface area contributed by atoms with E-state index < -0.39 is 33.9 Å². The van der Waals surface area contributed by atoms with Gasteiger partial charge >= 0.3 is 0 Å².